The van der Waals surface area contributed by atoms with Gasteiger partial charge >= 0.3 is 12.3 Å². The number of hydrogen-bond acceptors (Lipinski definition) is 4. The quantitative estimate of drug-likeness (QED) is 0.741. The summed E-state index contributed by atoms with van der Waals surface area (Å²) in [6.07, 6.45) is -4.89. The molecule has 0 radical (unpaired) electrons. The van der Waals surface area contributed by atoms with Crippen molar-refractivity contribution in [2.75, 3.05) is 26.2 Å². The van der Waals surface area contributed by atoms with Crippen molar-refractivity contribution in [3.05, 3.63) is 35.4 Å². The van der Waals surface area contributed by atoms with Crippen LogP contribution in [0.4, 0.5) is 18.0 Å². The molecule has 0 aromatic heterocycles. The molecule has 0 bridgehead atoms. The number of ether oxygens (including phenoxy) is 1. The lowest BCUT2D eigenvalue weighted by molar-refractivity contribution is -0.137. The second-order valence-electron chi connectivity index (χ2n) is 7.76. The summed E-state index contributed by atoms with van der Waals surface area (Å²) < 4.78 is 43.8. The maximum atomic E-state index is 12.8. The zero-order valence-electron chi connectivity index (χ0n) is 16.0. The van der Waals surface area contributed by atoms with Gasteiger partial charge in [-0.25, -0.2) is 4.79 Å². The molecule has 0 aliphatic carbocycles. The van der Waals surface area contributed by atoms with Crippen LogP contribution in [0.15, 0.2) is 24.3 Å². The van der Waals surface area contributed by atoms with Gasteiger partial charge in [-0.05, 0) is 39.8 Å². The first-order valence-corrected chi connectivity index (χ1v) is 8.79. The van der Waals surface area contributed by atoms with Crippen molar-refractivity contribution in [3.63, 3.8) is 0 Å². The number of Topliss-reactive ketones (excluding diaryl/α,β-unsaturated/α-hetero) is 1. The summed E-state index contributed by atoms with van der Waals surface area (Å²) in [6, 6.07) is 4.28. The third kappa shape index (κ3) is 5.95. The van der Waals surface area contributed by atoms with E-state index in [0.29, 0.717) is 19.6 Å². The minimum absolute atomic E-state index is 0.00775. The van der Waals surface area contributed by atoms with Crippen LogP contribution in [0.1, 0.15) is 43.6 Å². The van der Waals surface area contributed by atoms with Crippen molar-refractivity contribution >= 4 is 11.9 Å². The lowest BCUT2D eigenvalue weighted by Gasteiger charge is -2.40. The highest BCUT2D eigenvalue weighted by Crippen LogP contribution is 2.29. The van der Waals surface area contributed by atoms with Crippen LogP contribution < -0.4 is 0 Å². The number of benzene rings is 1. The Labute approximate surface area is 157 Å². The van der Waals surface area contributed by atoms with Crippen molar-refractivity contribution in [2.24, 2.45) is 0 Å². The van der Waals surface area contributed by atoms with Crippen LogP contribution in [-0.4, -0.2) is 59.5 Å². The molecule has 1 saturated heterocycles. The minimum atomic E-state index is -4.48. The van der Waals surface area contributed by atoms with Gasteiger partial charge in [0.15, 0.2) is 5.78 Å². The van der Waals surface area contributed by atoms with E-state index in [9.17, 15) is 22.8 Å². The number of carbonyl (C=O) groups is 2. The highest BCUT2D eigenvalue weighted by Gasteiger charge is 2.33. The van der Waals surface area contributed by atoms with E-state index in [2.05, 4.69) is 0 Å². The van der Waals surface area contributed by atoms with Gasteiger partial charge in [0.1, 0.15) is 5.60 Å². The molecule has 150 valence electrons. The summed E-state index contributed by atoms with van der Waals surface area (Å²) in [5.41, 5.74) is -1.39. The van der Waals surface area contributed by atoms with Gasteiger partial charge in [0.05, 0.1) is 12.1 Å². The first-order valence-electron chi connectivity index (χ1n) is 8.79. The molecule has 1 aliphatic heterocycles. The van der Waals surface area contributed by atoms with E-state index in [1.807, 2.05) is 11.8 Å². The number of nitrogens with zero attached hydrogens (tertiary/aromatic N) is 2. The molecular weight excluding hydrogens is 361 g/mol. The fraction of sp³-hybridized carbons (Fsp3) is 0.579. The average molecular weight is 386 g/mol. The molecule has 0 N–H and O–H groups in total. The molecule has 0 saturated carbocycles. The van der Waals surface area contributed by atoms with Crippen LogP contribution in [0.25, 0.3) is 0 Å². The van der Waals surface area contributed by atoms with E-state index in [1.165, 1.54) is 12.1 Å². The summed E-state index contributed by atoms with van der Waals surface area (Å²) in [5.74, 6) is -0.376. The Morgan fingerprint density at radius 3 is 2.41 bits per heavy atom. The van der Waals surface area contributed by atoms with Gasteiger partial charge in [-0.1, -0.05) is 12.1 Å². The van der Waals surface area contributed by atoms with Crippen LogP contribution in [0, 0.1) is 0 Å². The molecule has 8 heteroatoms. The second-order valence-corrected chi connectivity index (χ2v) is 7.76. The lowest BCUT2D eigenvalue weighted by atomic mass is 10.1. The molecule has 1 aliphatic rings. The number of rotatable bonds is 3. The first kappa shape index (κ1) is 21.2. The number of alkyl halides is 3. The summed E-state index contributed by atoms with van der Waals surface area (Å²) in [6.45, 7) is 8.53. The predicted molar refractivity (Wildman–Crippen MR) is 94.6 cm³/mol. The number of halogens is 3. The normalized spacial score (nSPS) is 19.1. The fourth-order valence-electron chi connectivity index (χ4n) is 2.93. The molecular formula is C19H25F3N2O3. The molecule has 1 aromatic rings. The van der Waals surface area contributed by atoms with Crippen molar-refractivity contribution in [3.8, 4) is 0 Å². The molecule has 1 aromatic carbocycles. The SMILES string of the molecule is C[C@@H]1CN(CC(=O)c2cccc(C(F)(F)F)c2)CCN1C(=O)OC(C)(C)C. The van der Waals surface area contributed by atoms with Crippen molar-refractivity contribution in [1.82, 2.24) is 9.80 Å². The summed E-state index contributed by atoms with van der Waals surface area (Å²) in [7, 11) is 0. The van der Waals surface area contributed by atoms with Gasteiger partial charge in [0.2, 0.25) is 0 Å². The molecule has 1 atom stereocenters. The minimum Gasteiger partial charge on any atom is -0.444 e. The van der Waals surface area contributed by atoms with Gasteiger partial charge in [0.25, 0.3) is 0 Å². The van der Waals surface area contributed by atoms with Crippen LogP contribution in [0.2, 0.25) is 0 Å². The Balaban J connectivity index is 1.96. The Morgan fingerprint density at radius 1 is 1.19 bits per heavy atom. The smallest absolute Gasteiger partial charge is 0.416 e. The molecule has 1 amide bonds. The topological polar surface area (TPSA) is 49.9 Å². The molecule has 1 fully saturated rings. The average Bonchev–Trinajstić information content (AvgIpc) is 2.52. The number of carbonyl (C=O) groups excluding carboxylic acids is 2. The van der Waals surface area contributed by atoms with Gasteiger partial charge in [-0.2, -0.15) is 13.2 Å². The monoisotopic (exact) mass is 386 g/mol. The number of ketones is 1. The molecule has 0 spiro atoms. The zero-order chi connectivity index (χ0) is 20.4. The van der Waals surface area contributed by atoms with Crippen molar-refractivity contribution < 1.29 is 27.5 Å². The number of amides is 1. The van der Waals surface area contributed by atoms with E-state index in [0.717, 1.165) is 12.1 Å². The van der Waals surface area contributed by atoms with Gasteiger partial charge in [-0.15, -0.1) is 0 Å². The van der Waals surface area contributed by atoms with E-state index in [-0.39, 0.29) is 23.9 Å². The second kappa shape index (κ2) is 7.88. The Morgan fingerprint density at radius 2 is 1.85 bits per heavy atom. The maximum Gasteiger partial charge on any atom is 0.416 e. The fourth-order valence-corrected chi connectivity index (χ4v) is 2.93. The Hall–Kier alpha value is -2.09. The summed E-state index contributed by atoms with van der Waals surface area (Å²) >= 11 is 0. The third-order valence-corrected chi connectivity index (χ3v) is 4.22. The number of piperazine rings is 1. The van der Waals surface area contributed by atoms with Crippen LogP contribution in [0.3, 0.4) is 0 Å². The van der Waals surface area contributed by atoms with Crippen molar-refractivity contribution in [1.29, 1.82) is 0 Å². The van der Waals surface area contributed by atoms with E-state index in [4.69, 9.17) is 4.74 Å². The van der Waals surface area contributed by atoms with Crippen LogP contribution in [-0.2, 0) is 10.9 Å². The molecule has 27 heavy (non-hydrogen) atoms. The van der Waals surface area contributed by atoms with Crippen LogP contribution in [0.5, 0.6) is 0 Å². The summed E-state index contributed by atoms with van der Waals surface area (Å²) in [5, 5.41) is 0. The zero-order valence-corrected chi connectivity index (χ0v) is 16.0. The van der Waals surface area contributed by atoms with Gasteiger partial charge < -0.3 is 9.64 Å². The molecule has 0 unspecified atom stereocenters. The first-order chi connectivity index (χ1) is 12.4. The Bertz CT molecular complexity index is 698. The van der Waals surface area contributed by atoms with Gasteiger partial charge in [0, 0.05) is 31.2 Å². The molecule has 5 nitrogen and oxygen atoms in total. The van der Waals surface area contributed by atoms with Gasteiger partial charge in [-0.3, -0.25) is 9.69 Å². The van der Waals surface area contributed by atoms with Crippen molar-refractivity contribution in [2.45, 2.75) is 45.5 Å². The Kier molecular flexibility index (Phi) is 6.19. The van der Waals surface area contributed by atoms with Crippen LogP contribution >= 0.6 is 0 Å². The molecule has 1 heterocycles. The highest BCUT2D eigenvalue weighted by molar-refractivity contribution is 5.97. The predicted octanol–water partition coefficient (Wildman–Crippen LogP) is 3.83. The maximum absolute atomic E-state index is 12.8. The van der Waals surface area contributed by atoms with E-state index < -0.39 is 23.4 Å². The summed E-state index contributed by atoms with van der Waals surface area (Å²) in [4.78, 5) is 28.1. The highest BCUT2D eigenvalue weighted by atomic mass is 19.4. The largest absolute Gasteiger partial charge is 0.444 e. The number of hydrogen-bond donors (Lipinski definition) is 0. The lowest BCUT2D eigenvalue weighted by Crippen LogP contribution is -2.55. The standard InChI is InChI=1S/C19H25F3N2O3/c1-13-11-23(8-9-24(13)17(26)27-18(2,3)4)12-16(25)14-6-5-7-15(10-14)19(20,21)22/h5-7,10,13H,8-9,11-12H2,1-4H3/t13-/m1/s1. The van der Waals surface area contributed by atoms with E-state index in [1.54, 1.807) is 25.7 Å². The van der Waals surface area contributed by atoms with E-state index >= 15 is 0 Å². The molecule has 2 rings (SSSR count). The third-order valence-electron chi connectivity index (χ3n) is 4.22.